The van der Waals surface area contributed by atoms with E-state index in [4.69, 9.17) is 12.2 Å². The molecule has 0 saturated carbocycles. The molecule has 6 heteroatoms. The molecule has 0 N–H and O–H groups in total. The fourth-order valence-electron chi connectivity index (χ4n) is 2.37. The highest BCUT2D eigenvalue weighted by molar-refractivity contribution is 9.10. The van der Waals surface area contributed by atoms with E-state index < -0.39 is 0 Å². The van der Waals surface area contributed by atoms with Gasteiger partial charge in [-0.1, -0.05) is 69.7 Å². The summed E-state index contributed by atoms with van der Waals surface area (Å²) in [6, 6.07) is 20.3. The first-order valence-electron chi connectivity index (χ1n) is 7.64. The number of nitrogens with zero attached hydrogens (tertiary/aromatic N) is 3. The molecule has 0 aliphatic heterocycles. The zero-order valence-electron chi connectivity index (χ0n) is 13.2. The molecule has 2 aromatic carbocycles. The molecule has 0 aliphatic rings. The predicted octanol–water partition coefficient (Wildman–Crippen LogP) is 5.91. The lowest BCUT2D eigenvalue weighted by Crippen LogP contribution is -2.01. The molecule has 0 fully saturated rings. The molecular weight excluding hydrogens is 414 g/mol. The van der Waals surface area contributed by atoms with E-state index in [1.807, 2.05) is 47.0 Å². The normalized spacial score (nSPS) is 10.9. The summed E-state index contributed by atoms with van der Waals surface area (Å²) in [4.78, 5) is 5.10. The van der Waals surface area contributed by atoms with E-state index in [0.29, 0.717) is 21.2 Å². The molecule has 0 saturated heterocycles. The van der Waals surface area contributed by atoms with E-state index in [1.54, 1.807) is 6.21 Å². The summed E-state index contributed by atoms with van der Waals surface area (Å²) < 4.78 is 3.64. The van der Waals surface area contributed by atoms with E-state index in [9.17, 15) is 5.26 Å². The highest BCUT2D eigenvalue weighted by atomic mass is 79.9. The Labute approximate surface area is 164 Å². The molecule has 0 amide bonds. The Morgan fingerprint density at radius 2 is 1.88 bits per heavy atom. The highest BCUT2D eigenvalue weighted by Gasteiger charge is 2.11. The highest BCUT2D eigenvalue weighted by Crippen LogP contribution is 2.27. The molecule has 25 heavy (non-hydrogen) atoms. The van der Waals surface area contributed by atoms with Crippen LogP contribution in [0.5, 0.6) is 0 Å². The van der Waals surface area contributed by atoms with Crippen molar-refractivity contribution in [2.24, 2.45) is 4.99 Å². The van der Waals surface area contributed by atoms with Gasteiger partial charge >= 0.3 is 0 Å². The molecule has 3 nitrogen and oxygen atoms in total. The number of benzene rings is 2. The monoisotopic (exact) mass is 427 g/mol. The van der Waals surface area contributed by atoms with Crippen LogP contribution in [0.15, 0.2) is 64.1 Å². The summed E-state index contributed by atoms with van der Waals surface area (Å²) in [7, 11) is 0. The summed E-state index contributed by atoms with van der Waals surface area (Å²) in [6.07, 6.45) is 2.61. The summed E-state index contributed by atoms with van der Waals surface area (Å²) in [6.45, 7) is 0.702. The number of thiazole rings is 1. The van der Waals surface area contributed by atoms with Gasteiger partial charge in [-0.3, -0.25) is 0 Å². The van der Waals surface area contributed by atoms with Crippen molar-refractivity contribution < 1.29 is 0 Å². The molecule has 1 aromatic heterocycles. The standard InChI is InChI=1S/C19H14BrN3S2/c20-16-8-6-15(7-9-16)13-22-18-17(12-21)25-19(24)23(18)11-10-14-4-2-1-3-5-14/h1-9,13H,10-11H2/b22-13+. The maximum atomic E-state index is 9.40. The van der Waals surface area contributed by atoms with Crippen LogP contribution in [0, 0.1) is 15.3 Å². The van der Waals surface area contributed by atoms with Gasteiger partial charge in [0.05, 0.1) is 0 Å². The van der Waals surface area contributed by atoms with Crippen LogP contribution in [-0.4, -0.2) is 10.8 Å². The second-order valence-electron chi connectivity index (χ2n) is 5.33. The molecular formula is C19H14BrN3S2. The Morgan fingerprint density at radius 1 is 1.16 bits per heavy atom. The van der Waals surface area contributed by atoms with E-state index in [1.165, 1.54) is 16.9 Å². The smallest absolute Gasteiger partial charge is 0.164 e. The van der Waals surface area contributed by atoms with Gasteiger partial charge in [0, 0.05) is 17.2 Å². The Morgan fingerprint density at radius 3 is 2.56 bits per heavy atom. The van der Waals surface area contributed by atoms with Crippen molar-refractivity contribution in [3.05, 3.63) is 79.0 Å². The van der Waals surface area contributed by atoms with Crippen LogP contribution < -0.4 is 0 Å². The maximum absolute atomic E-state index is 9.40. The number of aliphatic imine (C=N–C) groups is 1. The zero-order chi connectivity index (χ0) is 17.6. The molecule has 0 unspecified atom stereocenters. The van der Waals surface area contributed by atoms with Crippen molar-refractivity contribution in [1.29, 1.82) is 5.26 Å². The molecule has 0 atom stereocenters. The summed E-state index contributed by atoms with van der Waals surface area (Å²) in [5.41, 5.74) is 2.20. The average molecular weight is 428 g/mol. The van der Waals surface area contributed by atoms with Crippen molar-refractivity contribution in [3.63, 3.8) is 0 Å². The minimum atomic E-state index is 0.548. The first-order valence-corrected chi connectivity index (χ1v) is 9.66. The Kier molecular flexibility index (Phi) is 5.92. The minimum Gasteiger partial charge on any atom is -0.307 e. The van der Waals surface area contributed by atoms with Crippen LogP contribution in [-0.2, 0) is 13.0 Å². The second-order valence-corrected chi connectivity index (χ2v) is 7.89. The SMILES string of the molecule is N#Cc1sc(=S)n(CCc2ccccc2)c1/N=C/c1ccc(Br)cc1. The predicted molar refractivity (Wildman–Crippen MR) is 109 cm³/mol. The van der Waals surface area contributed by atoms with Crippen molar-refractivity contribution in [2.45, 2.75) is 13.0 Å². The molecule has 0 spiro atoms. The Bertz CT molecular complexity index is 980. The van der Waals surface area contributed by atoms with Gasteiger partial charge in [-0.25, -0.2) is 4.99 Å². The van der Waals surface area contributed by atoms with E-state index >= 15 is 0 Å². The Balaban J connectivity index is 1.88. The van der Waals surface area contributed by atoms with Gasteiger partial charge in [-0.05, 0) is 41.9 Å². The lowest BCUT2D eigenvalue weighted by Gasteiger charge is -2.06. The van der Waals surface area contributed by atoms with Crippen molar-refractivity contribution in [3.8, 4) is 6.07 Å². The third kappa shape index (κ3) is 4.51. The second kappa shape index (κ2) is 8.34. The third-order valence-corrected chi connectivity index (χ3v) is 5.51. The summed E-state index contributed by atoms with van der Waals surface area (Å²) >= 11 is 10.2. The molecule has 0 aliphatic carbocycles. The number of nitriles is 1. The largest absolute Gasteiger partial charge is 0.307 e. The summed E-state index contributed by atoms with van der Waals surface area (Å²) in [5, 5.41) is 9.40. The molecule has 0 bridgehead atoms. The van der Waals surface area contributed by atoms with E-state index in [0.717, 1.165) is 16.5 Å². The summed E-state index contributed by atoms with van der Waals surface area (Å²) in [5.74, 6) is 0.636. The first kappa shape index (κ1) is 17.7. The Hall–Kier alpha value is -2.07. The maximum Gasteiger partial charge on any atom is 0.164 e. The minimum absolute atomic E-state index is 0.548. The molecule has 1 heterocycles. The van der Waals surface area contributed by atoms with Gasteiger partial charge in [-0.2, -0.15) is 5.26 Å². The number of aryl methyl sites for hydroxylation is 1. The van der Waals surface area contributed by atoms with Crippen LogP contribution >= 0.6 is 39.5 Å². The van der Waals surface area contributed by atoms with Crippen LogP contribution in [0.1, 0.15) is 16.0 Å². The van der Waals surface area contributed by atoms with Crippen LogP contribution in [0.2, 0.25) is 0 Å². The topological polar surface area (TPSA) is 41.1 Å². The van der Waals surface area contributed by atoms with E-state index in [-0.39, 0.29) is 0 Å². The molecule has 124 valence electrons. The van der Waals surface area contributed by atoms with Crippen LogP contribution in [0.25, 0.3) is 0 Å². The number of rotatable bonds is 5. The first-order chi connectivity index (χ1) is 12.2. The van der Waals surface area contributed by atoms with E-state index in [2.05, 4.69) is 39.1 Å². The lowest BCUT2D eigenvalue weighted by molar-refractivity contribution is 0.700. The van der Waals surface area contributed by atoms with Gasteiger partial charge in [0.15, 0.2) is 14.6 Å². The number of hydrogen-bond donors (Lipinski definition) is 0. The number of halogens is 1. The van der Waals surface area contributed by atoms with Crippen LogP contribution in [0.4, 0.5) is 5.82 Å². The molecule has 3 rings (SSSR count). The van der Waals surface area contributed by atoms with Crippen molar-refractivity contribution in [2.75, 3.05) is 0 Å². The van der Waals surface area contributed by atoms with Gasteiger partial charge in [-0.15, -0.1) is 0 Å². The number of hydrogen-bond acceptors (Lipinski definition) is 4. The average Bonchev–Trinajstić information content (AvgIpc) is 2.95. The van der Waals surface area contributed by atoms with Crippen LogP contribution in [0.3, 0.4) is 0 Å². The number of aromatic nitrogens is 1. The van der Waals surface area contributed by atoms with Crippen molar-refractivity contribution >= 4 is 51.5 Å². The van der Waals surface area contributed by atoms with Gasteiger partial charge in [0.1, 0.15) is 6.07 Å². The molecule has 0 radical (unpaired) electrons. The fraction of sp³-hybridized carbons (Fsp3) is 0.105. The van der Waals surface area contributed by atoms with Crippen molar-refractivity contribution in [1.82, 2.24) is 4.57 Å². The zero-order valence-corrected chi connectivity index (χ0v) is 16.4. The van der Waals surface area contributed by atoms with Gasteiger partial charge in [0.2, 0.25) is 0 Å². The third-order valence-electron chi connectivity index (χ3n) is 3.64. The lowest BCUT2D eigenvalue weighted by atomic mass is 10.1. The van der Waals surface area contributed by atoms with Gasteiger partial charge in [0.25, 0.3) is 0 Å². The quantitative estimate of drug-likeness (QED) is 0.375. The fourth-order valence-corrected chi connectivity index (χ4v) is 3.82. The molecule has 3 aromatic rings. The van der Waals surface area contributed by atoms with Gasteiger partial charge < -0.3 is 4.57 Å².